The van der Waals surface area contributed by atoms with Gasteiger partial charge < -0.3 is 63.2 Å². The van der Waals surface area contributed by atoms with Crippen molar-refractivity contribution in [2.45, 2.75) is 103 Å². The highest BCUT2D eigenvalue weighted by Gasteiger charge is 2.32. The molecular formula is C38H55BN8O12. The van der Waals surface area contributed by atoms with E-state index >= 15 is 0 Å². The van der Waals surface area contributed by atoms with Crippen LogP contribution in [0.1, 0.15) is 69.8 Å². The third-order valence-electron chi connectivity index (χ3n) is 8.92. The van der Waals surface area contributed by atoms with Crippen LogP contribution in [0.4, 0.5) is 0 Å². The smallest absolute Gasteiger partial charge is 0.426 e. The number of rotatable bonds is 23. The first-order valence-corrected chi connectivity index (χ1v) is 19.0. The van der Waals surface area contributed by atoms with Crippen molar-refractivity contribution in [2.75, 3.05) is 13.2 Å². The summed E-state index contributed by atoms with van der Waals surface area (Å²) < 4.78 is 0. The Balaban J connectivity index is 1.90. The van der Waals surface area contributed by atoms with E-state index in [1.165, 1.54) is 26.3 Å². The molecule has 0 heterocycles. The number of primary amides is 1. The molecule has 0 aliphatic heterocycles. The van der Waals surface area contributed by atoms with Gasteiger partial charge in [0.2, 0.25) is 41.4 Å². The number of aryl methyl sites for hydroxylation is 1. The van der Waals surface area contributed by atoms with Crippen LogP contribution in [-0.2, 0) is 40.0 Å². The van der Waals surface area contributed by atoms with Crippen molar-refractivity contribution in [2.24, 2.45) is 5.73 Å². The van der Waals surface area contributed by atoms with E-state index in [4.69, 9.17) is 5.73 Å². The lowest BCUT2D eigenvalue weighted by molar-refractivity contribution is -0.135. The number of hydrogen-bond donors (Lipinski definition) is 12. The Kier molecular flexibility index (Phi) is 20.1. The minimum Gasteiger partial charge on any atom is -0.426 e. The summed E-state index contributed by atoms with van der Waals surface area (Å²) in [5.41, 5.74) is 8.46. The predicted octanol–water partition coefficient (Wildman–Crippen LogP) is -3.35. The van der Waals surface area contributed by atoms with Gasteiger partial charge in [-0.25, -0.2) is 0 Å². The summed E-state index contributed by atoms with van der Waals surface area (Å²) in [4.78, 5) is 101. The van der Waals surface area contributed by atoms with Gasteiger partial charge in [0, 0.05) is 5.56 Å². The van der Waals surface area contributed by atoms with Gasteiger partial charge >= 0.3 is 7.12 Å². The van der Waals surface area contributed by atoms with Crippen molar-refractivity contribution in [1.29, 1.82) is 0 Å². The molecule has 20 nitrogen and oxygen atoms in total. The monoisotopic (exact) mass is 826 g/mol. The average Bonchev–Trinajstić information content (AvgIpc) is 3.19. The maximum Gasteiger partial charge on any atom is 0.475 e. The van der Waals surface area contributed by atoms with Crippen molar-refractivity contribution < 1.29 is 58.6 Å². The van der Waals surface area contributed by atoms with Gasteiger partial charge in [-0.2, -0.15) is 0 Å². The number of nitrogens with one attached hydrogen (secondary N) is 7. The molecule has 59 heavy (non-hydrogen) atoms. The summed E-state index contributed by atoms with van der Waals surface area (Å²) in [5.74, 6) is -8.50. The molecule has 8 amide bonds. The Morgan fingerprint density at radius 1 is 0.678 bits per heavy atom. The van der Waals surface area contributed by atoms with Crippen LogP contribution in [-0.4, -0.2) is 130 Å². The average molecular weight is 827 g/mol. The van der Waals surface area contributed by atoms with Crippen molar-refractivity contribution in [3.63, 3.8) is 0 Å². The Labute approximate surface area is 342 Å². The second-order valence-corrected chi connectivity index (χ2v) is 14.0. The molecule has 0 bridgehead atoms. The molecule has 2 aromatic rings. The highest BCUT2D eigenvalue weighted by Crippen LogP contribution is 2.21. The third-order valence-corrected chi connectivity index (χ3v) is 8.92. The normalized spacial score (nSPS) is 14.4. The van der Waals surface area contributed by atoms with Gasteiger partial charge in [0.05, 0.1) is 31.6 Å². The number of carbonyl (C=O) groups is 8. The number of aliphatic hydroxyl groups excluding tert-OH is 2. The first-order valence-electron chi connectivity index (χ1n) is 19.0. The van der Waals surface area contributed by atoms with Crippen LogP contribution < -0.4 is 43.0 Å². The van der Waals surface area contributed by atoms with Crippen LogP contribution in [0, 0.1) is 0 Å². The molecule has 0 radical (unpaired) electrons. The SMILES string of the molecule is CCCCc1ccc(-c2ccc(C(=O)N[C@H](CO)C(=O)N[C@H](C)C(=O)NCC(=O)N[C@H](C(=O)N[C@@H](C)C(=O)N[C@@H](CC(N)=O)C(=O)N[C@@H](C)B(O)O)C(C)O)cc2)cc1. The number of carbonyl (C=O) groups excluding carboxylic acids is 8. The zero-order valence-electron chi connectivity index (χ0n) is 33.6. The van der Waals surface area contributed by atoms with E-state index in [0.29, 0.717) is 0 Å². The largest absolute Gasteiger partial charge is 0.475 e. The minimum absolute atomic E-state index is 0.225. The quantitative estimate of drug-likeness (QED) is 0.0490. The Bertz CT molecular complexity index is 1780. The molecule has 0 aliphatic rings. The van der Waals surface area contributed by atoms with Crippen molar-refractivity contribution >= 4 is 54.4 Å². The number of unbranched alkanes of at least 4 members (excludes halogenated alkanes) is 1. The van der Waals surface area contributed by atoms with Crippen molar-refractivity contribution in [1.82, 2.24) is 37.2 Å². The Morgan fingerprint density at radius 3 is 1.75 bits per heavy atom. The van der Waals surface area contributed by atoms with Gasteiger partial charge in [-0.15, -0.1) is 0 Å². The lowest BCUT2D eigenvalue weighted by Gasteiger charge is -2.25. The Hall–Kier alpha value is -5.90. The summed E-state index contributed by atoms with van der Waals surface area (Å²) in [6.45, 7) is 5.50. The van der Waals surface area contributed by atoms with Gasteiger partial charge in [0.25, 0.3) is 5.91 Å². The topological polar surface area (TPSA) is 328 Å². The molecule has 7 atom stereocenters. The van der Waals surface area contributed by atoms with Gasteiger partial charge in [0.1, 0.15) is 30.2 Å². The molecule has 2 rings (SSSR count). The van der Waals surface area contributed by atoms with E-state index in [1.807, 2.05) is 12.1 Å². The molecule has 0 aromatic heterocycles. The second-order valence-electron chi connectivity index (χ2n) is 14.0. The maximum absolute atomic E-state index is 12.9. The molecule has 0 fully saturated rings. The second kappa shape index (κ2) is 24.1. The van der Waals surface area contributed by atoms with E-state index in [-0.39, 0.29) is 5.56 Å². The zero-order chi connectivity index (χ0) is 44.4. The van der Waals surface area contributed by atoms with Crippen LogP contribution >= 0.6 is 0 Å². The van der Waals surface area contributed by atoms with Crippen LogP contribution in [0.5, 0.6) is 0 Å². The predicted molar refractivity (Wildman–Crippen MR) is 214 cm³/mol. The zero-order valence-corrected chi connectivity index (χ0v) is 33.6. The molecule has 0 spiro atoms. The summed E-state index contributed by atoms with van der Waals surface area (Å²) in [6.07, 6.45) is 1.01. The standard InChI is InChI=1S/C38H55BN8O12/c1-6-7-8-24-9-11-25(12-10-24)26-13-15-27(16-14-26)35(54)46-29(19-48)37(56)42-20(2)33(52)41-18-31(51)47-32(22(4)49)38(57)43-21(3)34(53)45-28(17-30(40)50)36(55)44-23(5)39(58)59/h9-16,20-23,28-29,32,48-49,58-59H,6-8,17-19H2,1-5H3,(H2,40,50)(H,41,52)(H,42,56)(H,43,57)(H,44,55)(H,45,53)(H,46,54)(H,47,51)/t20-,21+,22?,23+,28+,29-,32+/m1/s1. The summed E-state index contributed by atoms with van der Waals surface area (Å²) in [7, 11) is -1.95. The highest BCUT2D eigenvalue weighted by molar-refractivity contribution is 6.43. The summed E-state index contributed by atoms with van der Waals surface area (Å²) in [5, 5.41) is 54.3. The van der Waals surface area contributed by atoms with Gasteiger partial charge in [-0.1, -0.05) is 49.7 Å². The van der Waals surface area contributed by atoms with Crippen molar-refractivity contribution in [3.05, 3.63) is 59.7 Å². The van der Waals surface area contributed by atoms with Gasteiger partial charge in [-0.3, -0.25) is 38.4 Å². The maximum atomic E-state index is 12.9. The molecule has 0 aliphatic carbocycles. The van der Waals surface area contributed by atoms with Crippen LogP contribution in [0.2, 0.25) is 0 Å². The van der Waals surface area contributed by atoms with Crippen LogP contribution in [0.15, 0.2) is 48.5 Å². The van der Waals surface area contributed by atoms with Gasteiger partial charge in [-0.05, 0) is 69.4 Å². The Morgan fingerprint density at radius 2 is 1.22 bits per heavy atom. The van der Waals surface area contributed by atoms with E-state index in [9.17, 15) is 58.6 Å². The number of aliphatic hydroxyl groups is 2. The number of hydrogen-bond acceptors (Lipinski definition) is 12. The molecule has 0 saturated carbocycles. The number of nitrogens with two attached hydrogens (primary N) is 1. The first kappa shape index (κ1) is 49.3. The van der Waals surface area contributed by atoms with Crippen molar-refractivity contribution in [3.8, 4) is 11.1 Å². The first-order chi connectivity index (χ1) is 27.8. The van der Waals surface area contributed by atoms with E-state index in [2.05, 4.69) is 56.3 Å². The molecular weight excluding hydrogens is 771 g/mol. The lowest BCUT2D eigenvalue weighted by Crippen LogP contribution is -2.60. The summed E-state index contributed by atoms with van der Waals surface area (Å²) in [6, 6.07) is 7.52. The molecule has 2 aromatic carbocycles. The lowest BCUT2D eigenvalue weighted by atomic mass is 9.81. The molecule has 322 valence electrons. The van der Waals surface area contributed by atoms with E-state index in [1.54, 1.807) is 24.3 Å². The van der Waals surface area contributed by atoms with E-state index < -0.39 is 116 Å². The molecule has 13 N–H and O–H groups in total. The fourth-order valence-electron chi connectivity index (χ4n) is 5.30. The highest BCUT2D eigenvalue weighted by atomic mass is 16.4. The molecule has 0 saturated heterocycles. The third kappa shape index (κ3) is 16.5. The number of amides is 8. The minimum atomic E-state index is -1.95. The van der Waals surface area contributed by atoms with E-state index in [0.717, 1.165) is 37.3 Å². The molecule has 21 heteroatoms. The number of benzene rings is 2. The summed E-state index contributed by atoms with van der Waals surface area (Å²) >= 11 is 0. The van der Waals surface area contributed by atoms with Crippen LogP contribution in [0.25, 0.3) is 11.1 Å². The van der Waals surface area contributed by atoms with Gasteiger partial charge in [0.15, 0.2) is 0 Å². The fraction of sp³-hybridized carbons (Fsp3) is 0.474. The van der Waals surface area contributed by atoms with Crippen LogP contribution in [0.3, 0.4) is 0 Å². The fourth-order valence-corrected chi connectivity index (χ4v) is 5.30. The molecule has 1 unspecified atom stereocenters.